The Hall–Kier alpha value is -2.91. The molecule has 0 amide bonds. The lowest BCUT2D eigenvalue weighted by atomic mass is 9.88. The molecular weight excluding hydrogens is 397 g/mol. The molecule has 3 aromatic rings. The fraction of sp³-hybridized carbons (Fsp3) is 0.310. The number of benzene rings is 3. The molecule has 0 spiro atoms. The number of hydrogen-bond acceptors (Lipinski definition) is 2. The van der Waals surface area contributed by atoms with E-state index in [0.717, 1.165) is 38.2 Å². The third kappa shape index (κ3) is 5.46. The van der Waals surface area contributed by atoms with Gasteiger partial charge in [-0.05, 0) is 59.4 Å². The summed E-state index contributed by atoms with van der Waals surface area (Å²) in [7, 11) is 0. The first kappa shape index (κ1) is 22.3. The average molecular weight is 430 g/mol. The summed E-state index contributed by atoms with van der Waals surface area (Å²) in [4.78, 5) is 2.29. The minimum Gasteiger partial charge on any atom is -0.492 e. The van der Waals surface area contributed by atoms with Gasteiger partial charge in [-0.3, -0.25) is 9.29 Å². The second-order valence-electron chi connectivity index (χ2n) is 8.42. The van der Waals surface area contributed by atoms with Gasteiger partial charge in [0.05, 0.1) is 6.67 Å². The van der Waals surface area contributed by atoms with E-state index in [1.165, 1.54) is 27.8 Å². The maximum atomic E-state index is 12.8. The predicted octanol–water partition coefficient (Wildman–Crippen LogP) is 6.73. The molecule has 1 atom stereocenters. The fourth-order valence-corrected chi connectivity index (χ4v) is 4.54. The Balaban J connectivity index is 1.53. The van der Waals surface area contributed by atoms with Crippen molar-refractivity contribution in [2.45, 2.75) is 19.8 Å². The van der Waals surface area contributed by atoms with Crippen LogP contribution in [-0.4, -0.2) is 37.8 Å². The quantitative estimate of drug-likeness (QED) is 0.350. The first-order valence-electron chi connectivity index (χ1n) is 11.6. The Morgan fingerprint density at radius 2 is 1.50 bits per heavy atom. The molecule has 3 heteroatoms. The Bertz CT molecular complexity index is 998. The lowest BCUT2D eigenvalue weighted by Crippen LogP contribution is -2.26. The zero-order chi connectivity index (χ0) is 22.2. The van der Waals surface area contributed by atoms with E-state index in [2.05, 4.69) is 96.8 Å². The molecule has 32 heavy (non-hydrogen) atoms. The van der Waals surface area contributed by atoms with Crippen molar-refractivity contribution in [2.75, 3.05) is 32.9 Å². The molecule has 1 aliphatic rings. The van der Waals surface area contributed by atoms with Crippen LogP contribution in [0, 0.1) is 5.92 Å². The molecule has 166 valence electrons. The van der Waals surface area contributed by atoms with Crippen LogP contribution >= 0.6 is 0 Å². The molecule has 0 saturated carbocycles. The average Bonchev–Trinajstić information content (AvgIpc) is 3.32. The number of nitrogens with zero attached hydrogens (tertiary/aromatic N) is 1. The number of hydrogen-bond donors (Lipinski definition) is 0. The predicted molar refractivity (Wildman–Crippen MR) is 132 cm³/mol. The van der Waals surface area contributed by atoms with Crippen LogP contribution in [0.2, 0.25) is 0 Å². The highest BCUT2D eigenvalue weighted by atomic mass is 19.1. The van der Waals surface area contributed by atoms with E-state index in [-0.39, 0.29) is 12.6 Å². The van der Waals surface area contributed by atoms with Gasteiger partial charge in [0.15, 0.2) is 0 Å². The Labute approximate surface area is 191 Å². The van der Waals surface area contributed by atoms with Crippen molar-refractivity contribution < 1.29 is 9.13 Å². The number of allylic oxidation sites excluding steroid dienone is 1. The van der Waals surface area contributed by atoms with Crippen LogP contribution in [0.4, 0.5) is 4.39 Å². The van der Waals surface area contributed by atoms with Gasteiger partial charge in [-0.2, -0.15) is 0 Å². The van der Waals surface area contributed by atoms with Crippen molar-refractivity contribution >= 4 is 11.1 Å². The molecule has 0 radical (unpaired) electrons. The van der Waals surface area contributed by atoms with Crippen LogP contribution in [-0.2, 0) is 0 Å². The van der Waals surface area contributed by atoms with Crippen molar-refractivity contribution in [1.29, 1.82) is 0 Å². The number of likely N-dealkylation sites (tertiary alicyclic amines) is 1. The smallest absolute Gasteiger partial charge is 0.119 e. The Kier molecular flexibility index (Phi) is 7.73. The van der Waals surface area contributed by atoms with Crippen molar-refractivity contribution in [3.63, 3.8) is 0 Å². The van der Waals surface area contributed by atoms with Gasteiger partial charge in [-0.25, -0.2) is 0 Å². The van der Waals surface area contributed by atoms with E-state index in [9.17, 15) is 4.39 Å². The molecule has 0 aromatic heterocycles. The summed E-state index contributed by atoms with van der Waals surface area (Å²) in [5.41, 5.74) is 6.27. The van der Waals surface area contributed by atoms with Crippen LogP contribution < -0.4 is 4.74 Å². The largest absolute Gasteiger partial charge is 0.492 e. The van der Waals surface area contributed by atoms with E-state index in [4.69, 9.17) is 4.74 Å². The summed E-state index contributed by atoms with van der Waals surface area (Å²) in [5.74, 6) is 1.08. The fourth-order valence-electron chi connectivity index (χ4n) is 4.54. The number of ether oxygens (including phenoxy) is 1. The molecule has 1 unspecified atom stereocenters. The molecule has 0 N–H and O–H groups in total. The zero-order valence-corrected chi connectivity index (χ0v) is 18.8. The molecule has 3 aromatic carbocycles. The van der Waals surface area contributed by atoms with Gasteiger partial charge in [0.1, 0.15) is 12.4 Å². The van der Waals surface area contributed by atoms with Crippen molar-refractivity contribution in [3.05, 3.63) is 102 Å². The Morgan fingerprint density at radius 3 is 2.09 bits per heavy atom. The highest BCUT2D eigenvalue weighted by Crippen LogP contribution is 2.34. The molecular formula is C29H32FNO. The van der Waals surface area contributed by atoms with Crippen LogP contribution in [0.25, 0.3) is 11.1 Å². The first-order valence-corrected chi connectivity index (χ1v) is 11.6. The SMILES string of the molecule is CC/C(=C(/c1ccccc1)c1ccc(OCCN2CCC(CF)C2)cc1)c1ccccc1. The van der Waals surface area contributed by atoms with Gasteiger partial charge in [0.2, 0.25) is 0 Å². The molecule has 1 saturated heterocycles. The Morgan fingerprint density at radius 1 is 0.875 bits per heavy atom. The van der Waals surface area contributed by atoms with Crippen LogP contribution in [0.15, 0.2) is 84.9 Å². The monoisotopic (exact) mass is 429 g/mol. The topological polar surface area (TPSA) is 12.5 Å². The lowest BCUT2D eigenvalue weighted by Gasteiger charge is -2.18. The van der Waals surface area contributed by atoms with Crippen molar-refractivity contribution in [2.24, 2.45) is 5.92 Å². The number of rotatable bonds is 9. The minimum absolute atomic E-state index is 0.204. The molecule has 4 rings (SSSR count). The van der Waals surface area contributed by atoms with Crippen LogP contribution in [0.5, 0.6) is 5.75 Å². The molecule has 1 heterocycles. The summed E-state index contributed by atoms with van der Waals surface area (Å²) < 4.78 is 18.8. The first-order chi connectivity index (χ1) is 15.8. The van der Waals surface area contributed by atoms with Gasteiger partial charge in [-0.15, -0.1) is 0 Å². The number of alkyl halides is 1. The van der Waals surface area contributed by atoms with Gasteiger partial charge < -0.3 is 4.74 Å². The van der Waals surface area contributed by atoms with E-state index in [1.807, 2.05) is 0 Å². The summed E-state index contributed by atoms with van der Waals surface area (Å²) >= 11 is 0. The summed E-state index contributed by atoms with van der Waals surface area (Å²) in [5, 5.41) is 0. The van der Waals surface area contributed by atoms with E-state index < -0.39 is 0 Å². The van der Waals surface area contributed by atoms with Gasteiger partial charge in [0.25, 0.3) is 0 Å². The van der Waals surface area contributed by atoms with Crippen molar-refractivity contribution in [1.82, 2.24) is 4.90 Å². The molecule has 1 fully saturated rings. The summed E-state index contributed by atoms with van der Waals surface area (Å²) in [6.45, 7) is 5.31. The molecule has 2 nitrogen and oxygen atoms in total. The van der Waals surface area contributed by atoms with Gasteiger partial charge >= 0.3 is 0 Å². The van der Waals surface area contributed by atoms with Crippen LogP contribution in [0.3, 0.4) is 0 Å². The third-order valence-electron chi connectivity index (χ3n) is 6.25. The lowest BCUT2D eigenvalue weighted by molar-refractivity contribution is 0.228. The summed E-state index contributed by atoms with van der Waals surface area (Å²) in [6.07, 6.45) is 1.91. The van der Waals surface area contributed by atoms with E-state index >= 15 is 0 Å². The summed E-state index contributed by atoms with van der Waals surface area (Å²) in [6, 6.07) is 29.7. The molecule has 1 aliphatic heterocycles. The second kappa shape index (κ2) is 11.1. The maximum absolute atomic E-state index is 12.8. The second-order valence-corrected chi connectivity index (χ2v) is 8.42. The van der Waals surface area contributed by atoms with Gasteiger partial charge in [-0.1, -0.05) is 79.7 Å². The molecule has 0 bridgehead atoms. The third-order valence-corrected chi connectivity index (χ3v) is 6.25. The van der Waals surface area contributed by atoms with Crippen molar-refractivity contribution in [3.8, 4) is 5.75 Å². The van der Waals surface area contributed by atoms with E-state index in [1.54, 1.807) is 0 Å². The van der Waals surface area contributed by atoms with E-state index in [0.29, 0.717) is 6.61 Å². The van der Waals surface area contributed by atoms with Crippen LogP contribution in [0.1, 0.15) is 36.5 Å². The normalized spacial score (nSPS) is 17.2. The zero-order valence-electron chi connectivity index (χ0n) is 18.8. The number of halogens is 1. The molecule has 0 aliphatic carbocycles. The van der Waals surface area contributed by atoms with Gasteiger partial charge in [0, 0.05) is 19.0 Å². The minimum atomic E-state index is -0.210. The highest BCUT2D eigenvalue weighted by Gasteiger charge is 2.21. The standard InChI is InChI=1S/C29H32FNO/c1-2-28(24-9-5-3-6-10-24)29(25-11-7-4-8-12-25)26-13-15-27(16-14-26)32-20-19-31-18-17-23(21-30)22-31/h3-16,23H,2,17-22H2,1H3/b29-28+. The highest BCUT2D eigenvalue weighted by molar-refractivity contribution is 5.98. The maximum Gasteiger partial charge on any atom is 0.119 e.